The lowest BCUT2D eigenvalue weighted by atomic mass is 10.0. The molecule has 0 heterocycles. The zero-order chi connectivity index (χ0) is 8.72. The molecule has 2 fully saturated rings. The molecule has 0 saturated heterocycles. The van der Waals surface area contributed by atoms with Crippen molar-refractivity contribution in [1.82, 2.24) is 4.90 Å². The van der Waals surface area contributed by atoms with Crippen LogP contribution in [0.2, 0.25) is 0 Å². The average molecular weight is 167 g/mol. The van der Waals surface area contributed by atoms with Crippen LogP contribution in [0.5, 0.6) is 0 Å². The largest absolute Gasteiger partial charge is 0.349 e. The van der Waals surface area contributed by atoms with Crippen LogP contribution in [-0.4, -0.2) is 24.9 Å². The van der Waals surface area contributed by atoms with E-state index < -0.39 is 0 Å². The molecule has 0 radical (unpaired) electrons. The molecule has 2 nitrogen and oxygen atoms in total. The second-order valence-electron chi connectivity index (χ2n) is 4.37. The van der Waals surface area contributed by atoms with Gasteiger partial charge in [0.15, 0.2) is 0 Å². The molecule has 2 atom stereocenters. The van der Waals surface area contributed by atoms with Crippen LogP contribution in [0.4, 0.5) is 0 Å². The normalized spacial score (nSPS) is 38.7. The Morgan fingerprint density at radius 2 is 1.67 bits per heavy atom. The summed E-state index contributed by atoms with van der Waals surface area (Å²) in [4.78, 5) is 13.4. The van der Waals surface area contributed by atoms with Crippen LogP contribution >= 0.6 is 0 Å². The second kappa shape index (κ2) is 2.75. The summed E-state index contributed by atoms with van der Waals surface area (Å²) in [7, 11) is 3.74. The summed E-state index contributed by atoms with van der Waals surface area (Å²) in [5, 5.41) is 0. The molecule has 2 saturated carbocycles. The Labute approximate surface area is 73.9 Å². The number of hydrogen-bond donors (Lipinski definition) is 0. The van der Waals surface area contributed by atoms with Crippen LogP contribution in [0.15, 0.2) is 0 Å². The Hall–Kier alpha value is -0.530. The third kappa shape index (κ3) is 1.13. The Balaban J connectivity index is 1.96. The zero-order valence-electron chi connectivity index (χ0n) is 7.92. The van der Waals surface area contributed by atoms with Crippen LogP contribution in [0, 0.1) is 17.8 Å². The first-order chi connectivity index (χ1) is 5.72. The summed E-state index contributed by atoms with van der Waals surface area (Å²) in [5.74, 6) is 2.29. The molecule has 0 spiro atoms. The highest BCUT2D eigenvalue weighted by Crippen LogP contribution is 2.55. The Kier molecular flexibility index (Phi) is 1.85. The van der Waals surface area contributed by atoms with Gasteiger partial charge in [-0.1, -0.05) is 12.8 Å². The quantitative estimate of drug-likeness (QED) is 0.579. The van der Waals surface area contributed by atoms with E-state index in [9.17, 15) is 4.79 Å². The minimum atomic E-state index is 0.367. The van der Waals surface area contributed by atoms with E-state index in [0.29, 0.717) is 11.8 Å². The third-order valence-corrected chi connectivity index (χ3v) is 3.38. The molecule has 1 amide bonds. The lowest BCUT2D eigenvalue weighted by Gasteiger charge is -2.08. The first-order valence-corrected chi connectivity index (χ1v) is 4.93. The first-order valence-electron chi connectivity index (χ1n) is 4.93. The molecule has 2 aliphatic carbocycles. The molecule has 12 heavy (non-hydrogen) atoms. The maximum absolute atomic E-state index is 11.6. The number of hydrogen-bond acceptors (Lipinski definition) is 1. The minimum Gasteiger partial charge on any atom is -0.349 e. The molecule has 0 aromatic heterocycles. The van der Waals surface area contributed by atoms with Gasteiger partial charge in [-0.15, -0.1) is 0 Å². The molecule has 2 aliphatic rings. The summed E-state index contributed by atoms with van der Waals surface area (Å²) in [6.45, 7) is 0. The van der Waals surface area contributed by atoms with Gasteiger partial charge >= 0.3 is 0 Å². The second-order valence-corrected chi connectivity index (χ2v) is 4.37. The SMILES string of the molecule is CN(C)C(=O)C1C2CCCCC21. The van der Waals surface area contributed by atoms with Crippen LogP contribution in [-0.2, 0) is 4.79 Å². The van der Waals surface area contributed by atoms with Gasteiger partial charge in [-0.2, -0.15) is 0 Å². The van der Waals surface area contributed by atoms with Crippen LogP contribution in [0.3, 0.4) is 0 Å². The fraction of sp³-hybridized carbons (Fsp3) is 0.900. The monoisotopic (exact) mass is 167 g/mol. The predicted molar refractivity (Wildman–Crippen MR) is 47.6 cm³/mol. The predicted octanol–water partition coefficient (Wildman–Crippen LogP) is 1.51. The number of carbonyl (C=O) groups excluding carboxylic acids is 1. The molecule has 68 valence electrons. The van der Waals surface area contributed by atoms with Gasteiger partial charge in [0.05, 0.1) is 0 Å². The van der Waals surface area contributed by atoms with E-state index in [1.54, 1.807) is 4.90 Å². The summed E-state index contributed by atoms with van der Waals surface area (Å²) < 4.78 is 0. The van der Waals surface area contributed by atoms with Gasteiger partial charge in [-0.25, -0.2) is 0 Å². The van der Waals surface area contributed by atoms with Crippen molar-refractivity contribution in [3.63, 3.8) is 0 Å². The van der Waals surface area contributed by atoms with Crippen molar-refractivity contribution < 1.29 is 4.79 Å². The molecule has 0 aromatic rings. The fourth-order valence-corrected chi connectivity index (χ4v) is 2.66. The number of fused-ring (bicyclic) bond motifs is 1. The number of carbonyl (C=O) groups is 1. The molecule has 2 rings (SSSR count). The zero-order valence-corrected chi connectivity index (χ0v) is 7.92. The number of rotatable bonds is 1. The Morgan fingerprint density at radius 3 is 2.08 bits per heavy atom. The van der Waals surface area contributed by atoms with Gasteiger partial charge in [0.1, 0.15) is 0 Å². The van der Waals surface area contributed by atoms with Gasteiger partial charge in [-0.3, -0.25) is 4.79 Å². The van der Waals surface area contributed by atoms with E-state index in [1.165, 1.54) is 25.7 Å². The van der Waals surface area contributed by atoms with Gasteiger partial charge in [0.25, 0.3) is 0 Å². The van der Waals surface area contributed by atoms with Crippen LogP contribution in [0.1, 0.15) is 25.7 Å². The smallest absolute Gasteiger partial charge is 0.225 e. The molecule has 0 N–H and O–H groups in total. The third-order valence-electron chi connectivity index (χ3n) is 3.38. The summed E-state index contributed by atoms with van der Waals surface area (Å²) in [6.07, 6.45) is 5.29. The summed E-state index contributed by atoms with van der Waals surface area (Å²) >= 11 is 0. The van der Waals surface area contributed by atoms with Crippen molar-refractivity contribution in [3.8, 4) is 0 Å². The molecular weight excluding hydrogens is 150 g/mol. The van der Waals surface area contributed by atoms with E-state index in [0.717, 1.165) is 11.8 Å². The van der Waals surface area contributed by atoms with Gasteiger partial charge in [0.2, 0.25) is 5.91 Å². The lowest BCUT2D eigenvalue weighted by molar-refractivity contribution is -0.130. The summed E-state index contributed by atoms with van der Waals surface area (Å²) in [6, 6.07) is 0. The van der Waals surface area contributed by atoms with Gasteiger partial charge in [-0.05, 0) is 24.7 Å². The highest BCUT2D eigenvalue weighted by molar-refractivity contribution is 5.81. The Bertz CT molecular complexity index is 188. The number of amides is 1. The maximum Gasteiger partial charge on any atom is 0.225 e. The van der Waals surface area contributed by atoms with Crippen molar-refractivity contribution in [2.24, 2.45) is 17.8 Å². The van der Waals surface area contributed by atoms with E-state index in [-0.39, 0.29) is 0 Å². The van der Waals surface area contributed by atoms with Gasteiger partial charge < -0.3 is 4.90 Å². The van der Waals surface area contributed by atoms with Gasteiger partial charge in [0, 0.05) is 20.0 Å². The molecule has 0 aliphatic heterocycles. The van der Waals surface area contributed by atoms with Crippen molar-refractivity contribution in [2.75, 3.05) is 14.1 Å². The van der Waals surface area contributed by atoms with E-state index in [2.05, 4.69) is 0 Å². The lowest BCUT2D eigenvalue weighted by Crippen LogP contribution is -2.24. The van der Waals surface area contributed by atoms with Crippen molar-refractivity contribution in [2.45, 2.75) is 25.7 Å². The van der Waals surface area contributed by atoms with E-state index >= 15 is 0 Å². The molecule has 0 aromatic carbocycles. The van der Waals surface area contributed by atoms with Crippen LogP contribution in [0.25, 0.3) is 0 Å². The number of nitrogens with zero attached hydrogens (tertiary/aromatic N) is 1. The average Bonchev–Trinajstić information content (AvgIpc) is 2.76. The molecular formula is C10H17NO. The van der Waals surface area contributed by atoms with E-state index in [1.807, 2.05) is 14.1 Å². The fourth-order valence-electron chi connectivity index (χ4n) is 2.66. The van der Waals surface area contributed by atoms with Crippen molar-refractivity contribution >= 4 is 5.91 Å². The maximum atomic E-state index is 11.6. The highest BCUT2D eigenvalue weighted by atomic mass is 16.2. The Morgan fingerprint density at radius 1 is 1.17 bits per heavy atom. The first kappa shape index (κ1) is 8.09. The van der Waals surface area contributed by atoms with Crippen molar-refractivity contribution in [1.29, 1.82) is 0 Å². The van der Waals surface area contributed by atoms with Crippen molar-refractivity contribution in [3.05, 3.63) is 0 Å². The molecule has 2 heteroatoms. The van der Waals surface area contributed by atoms with E-state index in [4.69, 9.17) is 0 Å². The minimum absolute atomic E-state index is 0.367. The molecule has 2 unspecified atom stereocenters. The highest BCUT2D eigenvalue weighted by Gasteiger charge is 2.54. The summed E-state index contributed by atoms with van der Waals surface area (Å²) in [5.41, 5.74) is 0. The molecule has 0 bridgehead atoms. The topological polar surface area (TPSA) is 20.3 Å². The standard InChI is InChI=1S/C10H17NO/c1-11(2)10(12)9-7-5-3-4-6-8(7)9/h7-9H,3-6H2,1-2H3. The van der Waals surface area contributed by atoms with Crippen LogP contribution < -0.4 is 0 Å².